The molecule has 0 bridgehead atoms. The molecule has 6 nitrogen and oxygen atoms in total. The van der Waals surface area contributed by atoms with Crippen LogP contribution in [0.3, 0.4) is 0 Å². The zero-order chi connectivity index (χ0) is 17.7. The first-order chi connectivity index (χ1) is 11.4. The van der Waals surface area contributed by atoms with E-state index in [0.717, 1.165) is 30.8 Å². The lowest BCUT2D eigenvalue weighted by Crippen LogP contribution is -2.47. The smallest absolute Gasteiger partial charge is 0.243 e. The average molecular weight is 371 g/mol. The largest absolute Gasteiger partial charge is 0.404 e. The average Bonchev–Trinajstić information content (AvgIpc) is 2.57. The van der Waals surface area contributed by atoms with Gasteiger partial charge in [-0.15, -0.1) is 11.8 Å². The van der Waals surface area contributed by atoms with E-state index in [2.05, 4.69) is 11.9 Å². The molecule has 4 N–H and O–H groups in total. The minimum atomic E-state index is -3.60. The van der Waals surface area contributed by atoms with Crippen LogP contribution in [0.1, 0.15) is 12.8 Å². The number of anilines is 1. The lowest BCUT2D eigenvalue weighted by Gasteiger charge is -2.36. The molecule has 0 aromatic heterocycles. The van der Waals surface area contributed by atoms with Crippen LogP contribution in [0.25, 0.3) is 0 Å². The van der Waals surface area contributed by atoms with Crippen LogP contribution in [0.4, 0.5) is 5.69 Å². The highest BCUT2D eigenvalue weighted by Gasteiger charge is 2.33. The molecule has 1 heterocycles. The van der Waals surface area contributed by atoms with Crippen molar-refractivity contribution in [3.8, 4) is 0 Å². The van der Waals surface area contributed by atoms with Crippen molar-refractivity contribution < 1.29 is 8.42 Å². The van der Waals surface area contributed by atoms with Gasteiger partial charge >= 0.3 is 0 Å². The van der Waals surface area contributed by atoms with Crippen LogP contribution in [-0.4, -0.2) is 56.6 Å². The first kappa shape index (κ1) is 19.1. The van der Waals surface area contributed by atoms with Gasteiger partial charge < -0.3 is 16.4 Å². The Kier molecular flexibility index (Phi) is 6.56. The molecule has 8 heteroatoms. The van der Waals surface area contributed by atoms with Crippen LogP contribution in [0, 0.1) is 0 Å². The van der Waals surface area contributed by atoms with Crippen LogP contribution in [0.2, 0.25) is 0 Å². The molecule has 2 rings (SSSR count). The molecular weight excluding hydrogens is 344 g/mol. The number of piperidine rings is 1. The molecule has 0 radical (unpaired) electrons. The number of likely N-dealkylation sites (tertiary alicyclic amines) is 1. The summed E-state index contributed by atoms with van der Waals surface area (Å²) in [5.74, 6) is 0. The molecule has 1 aliphatic heterocycles. The minimum absolute atomic E-state index is 0.0224. The third kappa shape index (κ3) is 4.44. The van der Waals surface area contributed by atoms with Crippen molar-refractivity contribution in [1.82, 2.24) is 9.21 Å². The van der Waals surface area contributed by atoms with Gasteiger partial charge in [0.2, 0.25) is 10.0 Å². The van der Waals surface area contributed by atoms with Crippen molar-refractivity contribution in [2.75, 3.05) is 38.7 Å². The zero-order valence-corrected chi connectivity index (χ0v) is 15.8. The third-order valence-electron chi connectivity index (χ3n) is 4.34. The summed E-state index contributed by atoms with van der Waals surface area (Å²) in [5.41, 5.74) is 11.9. The van der Waals surface area contributed by atoms with Crippen LogP contribution >= 0.6 is 11.8 Å². The van der Waals surface area contributed by atoms with Crippen molar-refractivity contribution in [3.63, 3.8) is 0 Å². The van der Waals surface area contributed by atoms with Crippen LogP contribution in [-0.2, 0) is 10.0 Å². The van der Waals surface area contributed by atoms with Crippen molar-refractivity contribution in [3.05, 3.63) is 35.4 Å². The summed E-state index contributed by atoms with van der Waals surface area (Å²) in [6, 6.07) is 6.35. The van der Waals surface area contributed by atoms with E-state index in [1.165, 1.54) is 18.0 Å². The van der Waals surface area contributed by atoms with E-state index in [4.69, 9.17) is 11.5 Å². The topological polar surface area (TPSA) is 92.7 Å². The van der Waals surface area contributed by atoms with Gasteiger partial charge in [0.15, 0.2) is 0 Å². The summed E-state index contributed by atoms with van der Waals surface area (Å²) < 4.78 is 28.0. The molecule has 1 aromatic rings. The van der Waals surface area contributed by atoms with E-state index in [9.17, 15) is 8.42 Å². The number of nitrogen functional groups attached to an aromatic ring is 1. The molecule has 0 aliphatic carbocycles. The molecule has 0 atom stereocenters. The van der Waals surface area contributed by atoms with E-state index in [1.807, 2.05) is 6.26 Å². The molecule has 1 aromatic carbocycles. The Morgan fingerprint density at radius 2 is 1.92 bits per heavy atom. The predicted molar refractivity (Wildman–Crippen MR) is 101 cm³/mol. The Balaban J connectivity index is 2.34. The summed E-state index contributed by atoms with van der Waals surface area (Å²) in [4.78, 5) is 3.33. The standard InChI is InChI=1S/C16H26N4O2S2/c1-19-9-7-14(8-10-19)20(12-15(11-17)23-2)24(21,22)16-5-3-13(18)4-6-16/h3-6,11,14H,7-10,12,17-18H2,1-2H3/b15-11-. The summed E-state index contributed by atoms with van der Waals surface area (Å²) >= 11 is 1.48. The van der Waals surface area contributed by atoms with Gasteiger partial charge in [0.1, 0.15) is 0 Å². The zero-order valence-electron chi connectivity index (χ0n) is 14.2. The van der Waals surface area contributed by atoms with E-state index in [1.54, 1.807) is 28.6 Å². The lowest BCUT2D eigenvalue weighted by molar-refractivity contribution is 0.189. The van der Waals surface area contributed by atoms with E-state index < -0.39 is 10.0 Å². The van der Waals surface area contributed by atoms with Gasteiger partial charge in [-0.1, -0.05) is 0 Å². The maximum absolute atomic E-state index is 13.2. The maximum atomic E-state index is 13.2. The number of benzene rings is 1. The molecule has 0 amide bonds. The van der Waals surface area contributed by atoms with Gasteiger partial charge in [-0.05, 0) is 63.5 Å². The van der Waals surface area contributed by atoms with Crippen molar-refractivity contribution in [2.45, 2.75) is 23.8 Å². The van der Waals surface area contributed by atoms with Gasteiger partial charge in [0.05, 0.1) is 4.90 Å². The monoisotopic (exact) mass is 370 g/mol. The summed E-state index contributed by atoms with van der Waals surface area (Å²) in [6.07, 6.45) is 5.03. The maximum Gasteiger partial charge on any atom is 0.243 e. The quantitative estimate of drug-likeness (QED) is 0.738. The van der Waals surface area contributed by atoms with Crippen LogP contribution in [0.15, 0.2) is 40.3 Å². The van der Waals surface area contributed by atoms with Gasteiger partial charge in [-0.25, -0.2) is 8.42 Å². The fourth-order valence-electron chi connectivity index (χ4n) is 2.81. The first-order valence-corrected chi connectivity index (χ1v) is 10.6. The molecule has 0 unspecified atom stereocenters. The fourth-order valence-corrected chi connectivity index (χ4v) is 4.96. The van der Waals surface area contributed by atoms with Gasteiger partial charge in [0, 0.05) is 29.4 Å². The second kappa shape index (κ2) is 8.24. The highest BCUT2D eigenvalue weighted by molar-refractivity contribution is 8.02. The Morgan fingerprint density at radius 3 is 2.42 bits per heavy atom. The fraction of sp³-hybridized carbons (Fsp3) is 0.500. The summed E-state index contributed by atoms with van der Waals surface area (Å²) in [7, 11) is -1.54. The van der Waals surface area contributed by atoms with E-state index >= 15 is 0 Å². The van der Waals surface area contributed by atoms with Crippen LogP contribution < -0.4 is 11.5 Å². The second-order valence-corrected chi connectivity index (χ2v) is 8.81. The highest BCUT2D eigenvalue weighted by atomic mass is 32.2. The number of sulfonamides is 1. The number of hydrogen-bond donors (Lipinski definition) is 2. The Hall–Kier alpha value is -1.22. The molecule has 0 spiro atoms. The highest BCUT2D eigenvalue weighted by Crippen LogP contribution is 2.27. The Morgan fingerprint density at radius 1 is 1.33 bits per heavy atom. The first-order valence-electron chi connectivity index (χ1n) is 7.89. The number of nitrogens with two attached hydrogens (primary N) is 2. The van der Waals surface area contributed by atoms with Gasteiger partial charge in [-0.3, -0.25) is 0 Å². The normalized spacial score (nSPS) is 18.2. The molecule has 1 aliphatic rings. The van der Waals surface area contributed by atoms with Crippen molar-refractivity contribution in [1.29, 1.82) is 0 Å². The summed E-state index contributed by atoms with van der Waals surface area (Å²) in [6.45, 7) is 2.08. The van der Waals surface area contributed by atoms with Gasteiger partial charge in [-0.2, -0.15) is 4.31 Å². The van der Waals surface area contributed by atoms with E-state index in [0.29, 0.717) is 12.2 Å². The number of hydrogen-bond acceptors (Lipinski definition) is 6. The molecule has 134 valence electrons. The number of rotatable bonds is 6. The second-order valence-electron chi connectivity index (χ2n) is 5.99. The summed E-state index contributed by atoms with van der Waals surface area (Å²) in [5, 5.41) is 0. The number of thioether (sulfide) groups is 1. The predicted octanol–water partition coefficient (Wildman–Crippen LogP) is 1.52. The molecule has 0 saturated carbocycles. The SMILES string of the molecule is CS/C(=C\N)CN(C1CCN(C)CC1)S(=O)(=O)c1ccc(N)cc1. The molecule has 1 fully saturated rings. The minimum Gasteiger partial charge on any atom is -0.404 e. The van der Waals surface area contributed by atoms with E-state index in [-0.39, 0.29) is 10.9 Å². The lowest BCUT2D eigenvalue weighted by atomic mass is 10.1. The molecular formula is C16H26N4O2S2. The van der Waals surface area contributed by atoms with Crippen molar-refractivity contribution >= 4 is 27.5 Å². The molecule has 24 heavy (non-hydrogen) atoms. The number of nitrogens with zero attached hydrogens (tertiary/aromatic N) is 2. The molecule has 1 saturated heterocycles. The van der Waals surface area contributed by atoms with Crippen molar-refractivity contribution in [2.24, 2.45) is 5.73 Å². The van der Waals surface area contributed by atoms with Crippen LogP contribution in [0.5, 0.6) is 0 Å². The van der Waals surface area contributed by atoms with Gasteiger partial charge in [0.25, 0.3) is 0 Å². The Bertz CT molecular complexity index is 666. The third-order valence-corrected chi connectivity index (χ3v) is 7.04. The Labute approximate surface area is 148 Å².